The van der Waals surface area contributed by atoms with Gasteiger partial charge in [0.2, 0.25) is 0 Å². The Hall–Kier alpha value is -1.02. The Bertz CT molecular complexity index is 316. The van der Waals surface area contributed by atoms with Crippen molar-refractivity contribution in [3.63, 3.8) is 0 Å². The molecule has 2 unspecified atom stereocenters. The molecule has 0 fully saturated rings. The molecule has 1 rings (SSSR count). The number of hydrogen-bond acceptors (Lipinski definition) is 2. The lowest BCUT2D eigenvalue weighted by atomic mass is 10.1. The molecule has 2 nitrogen and oxygen atoms in total. The minimum Gasteiger partial charge on any atom is -0.465 e. The monoisotopic (exact) mass is 221 g/mol. The smallest absolute Gasteiger partial charge is 0.120 e. The van der Waals surface area contributed by atoms with Crippen molar-refractivity contribution in [1.82, 2.24) is 5.32 Å². The summed E-state index contributed by atoms with van der Waals surface area (Å²) in [4.78, 5) is 0. The Labute approximate surface area is 98.7 Å². The molecule has 1 heterocycles. The van der Waals surface area contributed by atoms with E-state index in [1.165, 1.54) is 0 Å². The van der Waals surface area contributed by atoms with E-state index in [1.54, 1.807) is 0 Å². The largest absolute Gasteiger partial charge is 0.465 e. The lowest BCUT2D eigenvalue weighted by molar-refractivity contribution is 0.364. The summed E-state index contributed by atoms with van der Waals surface area (Å²) in [5.41, 5.74) is 0. The Morgan fingerprint density at radius 1 is 1.50 bits per heavy atom. The second-order valence-corrected chi connectivity index (χ2v) is 4.31. The van der Waals surface area contributed by atoms with Crippen molar-refractivity contribution in [2.24, 2.45) is 0 Å². The van der Waals surface area contributed by atoms with Crippen LogP contribution in [0.15, 0.2) is 29.2 Å². The highest BCUT2D eigenvalue weighted by atomic mass is 16.3. The van der Waals surface area contributed by atoms with Gasteiger partial charge in [-0.05, 0) is 45.2 Å². The van der Waals surface area contributed by atoms with Crippen LogP contribution in [0, 0.1) is 6.92 Å². The predicted octanol–water partition coefficient (Wildman–Crippen LogP) is 3.98. The van der Waals surface area contributed by atoms with Crippen molar-refractivity contribution >= 4 is 0 Å². The lowest BCUT2D eigenvalue weighted by Gasteiger charge is -2.20. The summed E-state index contributed by atoms with van der Waals surface area (Å²) in [7, 11) is 0. The first-order valence-corrected chi connectivity index (χ1v) is 6.10. The molecule has 0 bridgehead atoms. The molecule has 16 heavy (non-hydrogen) atoms. The van der Waals surface area contributed by atoms with Crippen LogP contribution in [0.3, 0.4) is 0 Å². The Balaban J connectivity index is 2.47. The highest BCUT2D eigenvalue weighted by Gasteiger charge is 2.13. The number of furan rings is 1. The predicted molar refractivity (Wildman–Crippen MR) is 68.5 cm³/mol. The fraction of sp³-hybridized carbons (Fsp3) is 0.571. The van der Waals surface area contributed by atoms with Gasteiger partial charge in [-0.1, -0.05) is 13.0 Å². The number of nitrogens with one attached hydrogen (secondary N) is 1. The van der Waals surface area contributed by atoms with E-state index < -0.39 is 0 Å². The van der Waals surface area contributed by atoms with Crippen LogP contribution >= 0.6 is 0 Å². The Kier molecular flexibility index (Phi) is 5.33. The fourth-order valence-electron chi connectivity index (χ4n) is 1.85. The van der Waals surface area contributed by atoms with Crippen LogP contribution in [0.1, 0.15) is 50.7 Å². The highest BCUT2D eigenvalue weighted by Crippen LogP contribution is 2.17. The van der Waals surface area contributed by atoms with Gasteiger partial charge in [-0.25, -0.2) is 0 Å². The average Bonchev–Trinajstić information content (AvgIpc) is 2.70. The molecule has 0 saturated heterocycles. The molecular formula is C14H23NO. The van der Waals surface area contributed by atoms with E-state index in [9.17, 15) is 0 Å². The quantitative estimate of drug-likeness (QED) is 0.704. The zero-order valence-corrected chi connectivity index (χ0v) is 10.6. The van der Waals surface area contributed by atoms with E-state index >= 15 is 0 Å². The third-order valence-electron chi connectivity index (χ3n) is 2.89. The van der Waals surface area contributed by atoms with Crippen LogP contribution in [0.2, 0.25) is 0 Å². The van der Waals surface area contributed by atoms with Crippen LogP contribution in [-0.4, -0.2) is 6.04 Å². The summed E-state index contributed by atoms with van der Waals surface area (Å²) < 4.78 is 5.61. The van der Waals surface area contributed by atoms with Crippen molar-refractivity contribution in [2.45, 2.75) is 52.1 Å². The molecule has 1 aromatic heterocycles. The first-order chi connectivity index (χ1) is 7.67. The van der Waals surface area contributed by atoms with E-state index in [1.807, 2.05) is 25.1 Å². The molecule has 1 aromatic rings. The van der Waals surface area contributed by atoms with Gasteiger partial charge in [0.05, 0.1) is 6.04 Å². The number of rotatable bonds is 7. The molecule has 0 aliphatic carbocycles. The molecule has 90 valence electrons. The summed E-state index contributed by atoms with van der Waals surface area (Å²) in [5, 5.41) is 3.59. The molecule has 0 aromatic carbocycles. The maximum absolute atomic E-state index is 5.61. The molecule has 1 N–H and O–H groups in total. The molecule has 0 aliphatic rings. The van der Waals surface area contributed by atoms with Crippen LogP contribution in [0.25, 0.3) is 0 Å². The summed E-state index contributed by atoms with van der Waals surface area (Å²) in [6.07, 6.45) is 5.32. The molecule has 2 atom stereocenters. The SMILES string of the molecule is C=CCCC(CC)NC(C)c1ccc(C)o1. The topological polar surface area (TPSA) is 25.2 Å². The third kappa shape index (κ3) is 3.86. The molecular weight excluding hydrogens is 198 g/mol. The summed E-state index contributed by atoms with van der Waals surface area (Å²) in [5.74, 6) is 2.00. The van der Waals surface area contributed by atoms with Gasteiger partial charge in [-0.15, -0.1) is 6.58 Å². The zero-order valence-electron chi connectivity index (χ0n) is 10.6. The minimum atomic E-state index is 0.281. The van der Waals surface area contributed by atoms with Gasteiger partial charge >= 0.3 is 0 Å². The number of aryl methyl sites for hydroxylation is 1. The van der Waals surface area contributed by atoms with E-state index in [4.69, 9.17) is 4.42 Å². The standard InChI is InChI=1S/C14H23NO/c1-5-7-8-13(6-2)15-12(4)14-10-9-11(3)16-14/h5,9-10,12-13,15H,1,6-8H2,2-4H3. The molecule has 0 amide bonds. The van der Waals surface area contributed by atoms with Gasteiger partial charge in [0.15, 0.2) is 0 Å². The van der Waals surface area contributed by atoms with Crippen LogP contribution in [0.5, 0.6) is 0 Å². The second-order valence-electron chi connectivity index (χ2n) is 4.31. The minimum absolute atomic E-state index is 0.281. The van der Waals surface area contributed by atoms with E-state index in [0.29, 0.717) is 6.04 Å². The molecule has 0 spiro atoms. The maximum Gasteiger partial charge on any atom is 0.120 e. The van der Waals surface area contributed by atoms with E-state index in [2.05, 4.69) is 25.7 Å². The Morgan fingerprint density at radius 2 is 2.25 bits per heavy atom. The van der Waals surface area contributed by atoms with Crippen molar-refractivity contribution in [3.05, 3.63) is 36.3 Å². The van der Waals surface area contributed by atoms with Crippen LogP contribution < -0.4 is 5.32 Å². The number of hydrogen-bond donors (Lipinski definition) is 1. The average molecular weight is 221 g/mol. The van der Waals surface area contributed by atoms with Gasteiger partial charge in [0.1, 0.15) is 11.5 Å². The first kappa shape index (κ1) is 13.0. The third-order valence-corrected chi connectivity index (χ3v) is 2.89. The van der Waals surface area contributed by atoms with E-state index in [-0.39, 0.29) is 6.04 Å². The summed E-state index contributed by atoms with van der Waals surface area (Å²) in [6.45, 7) is 10.1. The normalized spacial score (nSPS) is 14.7. The van der Waals surface area contributed by atoms with Gasteiger partial charge in [-0.2, -0.15) is 0 Å². The zero-order chi connectivity index (χ0) is 12.0. The van der Waals surface area contributed by atoms with E-state index in [0.717, 1.165) is 30.8 Å². The van der Waals surface area contributed by atoms with Crippen molar-refractivity contribution in [1.29, 1.82) is 0 Å². The molecule has 2 heteroatoms. The van der Waals surface area contributed by atoms with Gasteiger partial charge in [0.25, 0.3) is 0 Å². The second kappa shape index (κ2) is 6.54. The first-order valence-electron chi connectivity index (χ1n) is 6.10. The lowest BCUT2D eigenvalue weighted by Crippen LogP contribution is -2.30. The van der Waals surface area contributed by atoms with Crippen LogP contribution in [0.4, 0.5) is 0 Å². The number of allylic oxidation sites excluding steroid dienone is 1. The van der Waals surface area contributed by atoms with Crippen molar-refractivity contribution in [3.8, 4) is 0 Å². The van der Waals surface area contributed by atoms with Crippen LogP contribution in [-0.2, 0) is 0 Å². The summed E-state index contributed by atoms with van der Waals surface area (Å²) in [6, 6.07) is 4.88. The fourth-order valence-corrected chi connectivity index (χ4v) is 1.85. The molecule has 0 aliphatic heterocycles. The summed E-state index contributed by atoms with van der Waals surface area (Å²) >= 11 is 0. The molecule has 0 saturated carbocycles. The van der Waals surface area contributed by atoms with Gasteiger partial charge in [0, 0.05) is 6.04 Å². The maximum atomic E-state index is 5.61. The van der Waals surface area contributed by atoms with Gasteiger partial charge in [-0.3, -0.25) is 0 Å². The van der Waals surface area contributed by atoms with Crippen molar-refractivity contribution < 1.29 is 4.42 Å². The van der Waals surface area contributed by atoms with Gasteiger partial charge < -0.3 is 9.73 Å². The molecule has 0 radical (unpaired) electrons. The highest BCUT2D eigenvalue weighted by molar-refractivity contribution is 5.09. The van der Waals surface area contributed by atoms with Crippen molar-refractivity contribution in [2.75, 3.05) is 0 Å². The Morgan fingerprint density at radius 3 is 2.75 bits per heavy atom.